The predicted molar refractivity (Wildman–Crippen MR) is 369 cm³/mol. The van der Waals surface area contributed by atoms with E-state index >= 15 is 0 Å². The van der Waals surface area contributed by atoms with Crippen LogP contribution in [-0.4, -0.2) is 73.4 Å². The largest absolute Gasteiger partial charge is 0.472 e. The Morgan fingerprint density at radius 1 is 0.393 bits per heavy atom. The minimum atomic E-state index is -4.37. The minimum Gasteiger partial charge on any atom is -0.387 e. The maximum Gasteiger partial charge on any atom is 0.472 e. The second-order valence-corrected chi connectivity index (χ2v) is 28.1. The van der Waals surface area contributed by atoms with Gasteiger partial charge in [0.2, 0.25) is 5.91 Å². The molecule has 0 radical (unpaired) electrons. The van der Waals surface area contributed by atoms with E-state index in [1.165, 1.54) is 308 Å². The number of allylic oxidation sites excluding steroid dienone is 7. The van der Waals surface area contributed by atoms with E-state index in [0.29, 0.717) is 17.4 Å². The summed E-state index contributed by atoms with van der Waals surface area (Å²) in [6, 6.07) is -0.871. The molecule has 0 saturated heterocycles. The second-order valence-electron chi connectivity index (χ2n) is 26.7. The van der Waals surface area contributed by atoms with Crippen LogP contribution in [0.4, 0.5) is 0 Å². The zero-order chi connectivity index (χ0) is 61.2. The number of nitrogens with zero attached hydrogens (tertiary/aromatic N) is 1. The summed E-state index contributed by atoms with van der Waals surface area (Å²) in [5.74, 6) is -0.184. The summed E-state index contributed by atoms with van der Waals surface area (Å²) < 4.78 is 23.8. The molecule has 0 aliphatic rings. The number of likely N-dealkylation sites (N-methyl/N-ethyl adjacent to an activating group) is 1. The molecule has 496 valence electrons. The number of carbonyl (C=O) groups excluding carboxylic acids is 1. The van der Waals surface area contributed by atoms with Gasteiger partial charge in [-0.3, -0.25) is 13.8 Å². The molecule has 0 fully saturated rings. The Morgan fingerprint density at radius 2 is 0.655 bits per heavy atom. The highest BCUT2D eigenvalue weighted by atomic mass is 31.2. The molecule has 84 heavy (non-hydrogen) atoms. The van der Waals surface area contributed by atoms with Gasteiger partial charge >= 0.3 is 7.82 Å². The summed E-state index contributed by atoms with van der Waals surface area (Å²) in [5.41, 5.74) is 0. The Bertz CT molecular complexity index is 1510. The lowest BCUT2D eigenvalue weighted by Gasteiger charge is -2.25. The topological polar surface area (TPSA) is 105 Å². The standard InChI is InChI=1S/C75H145N2O6P/c1-6-8-10-12-14-16-18-20-22-24-26-28-30-32-34-35-36-37-38-39-40-41-43-45-47-49-51-53-55-57-59-61-63-65-67-69-75(79)76-73(72-83-84(80,81)82-71-70-77(3,4)5)74(78)68-66-64-62-60-58-56-54-52-50-48-46-44-42-33-31-29-27-25-23-21-19-17-15-13-11-9-7-2/h24,26,50,52,58,60,66,68,73-74,78H,6-23,25,27-49,51,53-57,59,61-65,67,69-72H2,1-5H3,(H-,76,79,80,81)/p+1/b26-24-,52-50+,60-58+,68-66+. The van der Waals surface area contributed by atoms with E-state index in [4.69, 9.17) is 9.05 Å². The first-order chi connectivity index (χ1) is 41.0. The number of hydrogen-bond acceptors (Lipinski definition) is 5. The summed E-state index contributed by atoms with van der Waals surface area (Å²) in [7, 11) is 1.56. The fraction of sp³-hybridized carbons (Fsp3) is 0.880. The number of aliphatic hydroxyl groups excluding tert-OH is 1. The van der Waals surface area contributed by atoms with Crippen molar-refractivity contribution < 1.29 is 32.9 Å². The first kappa shape index (κ1) is 82.5. The van der Waals surface area contributed by atoms with Gasteiger partial charge < -0.3 is 19.8 Å². The van der Waals surface area contributed by atoms with Gasteiger partial charge in [-0.05, 0) is 70.6 Å². The molecule has 0 aromatic carbocycles. The van der Waals surface area contributed by atoms with Crippen molar-refractivity contribution in [3.63, 3.8) is 0 Å². The van der Waals surface area contributed by atoms with Crippen LogP contribution < -0.4 is 5.32 Å². The first-order valence-electron chi connectivity index (χ1n) is 37.0. The van der Waals surface area contributed by atoms with Crippen molar-refractivity contribution in [1.82, 2.24) is 5.32 Å². The van der Waals surface area contributed by atoms with E-state index in [0.717, 1.165) is 44.9 Å². The van der Waals surface area contributed by atoms with Crippen molar-refractivity contribution in [2.24, 2.45) is 0 Å². The number of hydrogen-bond donors (Lipinski definition) is 3. The van der Waals surface area contributed by atoms with E-state index in [2.05, 4.69) is 55.6 Å². The molecule has 1 amide bonds. The Kier molecular flexibility index (Phi) is 64.7. The van der Waals surface area contributed by atoms with Gasteiger partial charge in [0.15, 0.2) is 0 Å². The number of carbonyl (C=O) groups is 1. The Hall–Kier alpha value is -1.54. The molecule has 0 rings (SSSR count). The zero-order valence-electron chi connectivity index (χ0n) is 56.9. The summed E-state index contributed by atoms with van der Waals surface area (Å²) >= 11 is 0. The number of unbranched alkanes of at least 4 members (excludes halogenated alkanes) is 50. The molecule has 9 heteroatoms. The predicted octanol–water partition coefficient (Wildman–Crippen LogP) is 23.8. The van der Waals surface area contributed by atoms with Gasteiger partial charge in [-0.1, -0.05) is 345 Å². The molecule has 3 N–H and O–H groups in total. The van der Waals surface area contributed by atoms with E-state index in [1.54, 1.807) is 6.08 Å². The fourth-order valence-corrected chi connectivity index (χ4v) is 12.0. The maximum absolute atomic E-state index is 13.1. The fourth-order valence-electron chi connectivity index (χ4n) is 11.3. The quantitative estimate of drug-likeness (QED) is 0.0243. The van der Waals surface area contributed by atoms with Crippen LogP contribution in [0.5, 0.6) is 0 Å². The van der Waals surface area contributed by atoms with Crippen molar-refractivity contribution in [2.45, 2.75) is 386 Å². The Balaban J connectivity index is 4.04. The lowest BCUT2D eigenvalue weighted by atomic mass is 10.0. The third kappa shape index (κ3) is 68.0. The summed E-state index contributed by atoms with van der Waals surface area (Å²) in [6.07, 6.45) is 90.1. The lowest BCUT2D eigenvalue weighted by molar-refractivity contribution is -0.870. The van der Waals surface area contributed by atoms with Crippen LogP contribution >= 0.6 is 7.82 Å². The highest BCUT2D eigenvalue weighted by Gasteiger charge is 2.28. The average Bonchev–Trinajstić information content (AvgIpc) is 3.56. The zero-order valence-corrected chi connectivity index (χ0v) is 57.8. The van der Waals surface area contributed by atoms with Crippen LogP contribution in [0.15, 0.2) is 48.6 Å². The summed E-state index contributed by atoms with van der Waals surface area (Å²) in [6.45, 7) is 4.84. The molecule has 0 aromatic rings. The van der Waals surface area contributed by atoms with Crippen LogP contribution in [0, 0.1) is 0 Å². The Morgan fingerprint density at radius 3 is 0.952 bits per heavy atom. The first-order valence-corrected chi connectivity index (χ1v) is 38.5. The SMILES string of the molecule is CCCCCCCCCC/C=C\CCCCCCCCCCCCCCCCCCCCCCCCCC(=O)NC(COP(=O)(O)OCC[N+](C)(C)C)C(O)/C=C/CC/C=C/CC/C=C/CCCCCCCCCCCCCCCCCCC. The lowest BCUT2D eigenvalue weighted by Crippen LogP contribution is -2.45. The molecule has 8 nitrogen and oxygen atoms in total. The molecule has 0 aliphatic heterocycles. The van der Waals surface area contributed by atoms with Crippen molar-refractivity contribution in [1.29, 1.82) is 0 Å². The smallest absolute Gasteiger partial charge is 0.387 e. The number of phosphoric ester groups is 1. The minimum absolute atomic E-state index is 0.0546. The molecule has 0 bridgehead atoms. The van der Waals surface area contributed by atoms with Gasteiger partial charge in [0.25, 0.3) is 0 Å². The van der Waals surface area contributed by atoms with E-state index in [1.807, 2.05) is 27.2 Å². The molecule has 0 heterocycles. The third-order valence-electron chi connectivity index (χ3n) is 17.0. The average molecular weight is 1200 g/mol. The number of rotatable bonds is 69. The van der Waals surface area contributed by atoms with Crippen LogP contribution in [0.1, 0.15) is 373 Å². The molecule has 3 atom stereocenters. The second kappa shape index (κ2) is 65.9. The molecular formula is C75H146N2O6P+. The van der Waals surface area contributed by atoms with Crippen LogP contribution in [-0.2, 0) is 18.4 Å². The van der Waals surface area contributed by atoms with Crippen LogP contribution in [0.3, 0.4) is 0 Å². The Labute approximate surface area is 524 Å². The van der Waals surface area contributed by atoms with Gasteiger partial charge in [0.05, 0.1) is 39.9 Å². The van der Waals surface area contributed by atoms with Crippen molar-refractivity contribution in [3.05, 3.63) is 48.6 Å². The highest BCUT2D eigenvalue weighted by molar-refractivity contribution is 7.47. The number of quaternary nitrogens is 1. The van der Waals surface area contributed by atoms with Crippen molar-refractivity contribution >= 4 is 13.7 Å². The molecular weight excluding hydrogens is 1060 g/mol. The van der Waals surface area contributed by atoms with Gasteiger partial charge in [-0.2, -0.15) is 0 Å². The van der Waals surface area contributed by atoms with Crippen LogP contribution in [0.25, 0.3) is 0 Å². The summed E-state index contributed by atoms with van der Waals surface area (Å²) in [4.78, 5) is 23.4. The van der Waals surface area contributed by atoms with E-state index in [-0.39, 0.29) is 19.1 Å². The van der Waals surface area contributed by atoms with Gasteiger partial charge in [0, 0.05) is 6.42 Å². The molecule has 3 unspecified atom stereocenters. The van der Waals surface area contributed by atoms with Gasteiger partial charge in [-0.15, -0.1) is 0 Å². The molecule has 0 aliphatic carbocycles. The van der Waals surface area contributed by atoms with E-state index < -0.39 is 20.0 Å². The van der Waals surface area contributed by atoms with Crippen molar-refractivity contribution in [2.75, 3.05) is 40.9 Å². The summed E-state index contributed by atoms with van der Waals surface area (Å²) in [5, 5.41) is 14.0. The van der Waals surface area contributed by atoms with E-state index in [9.17, 15) is 19.4 Å². The van der Waals surface area contributed by atoms with Crippen LogP contribution in [0.2, 0.25) is 0 Å². The molecule has 0 saturated carbocycles. The molecule has 0 aromatic heterocycles. The van der Waals surface area contributed by atoms with Gasteiger partial charge in [-0.25, -0.2) is 4.57 Å². The third-order valence-corrected chi connectivity index (χ3v) is 18.0. The highest BCUT2D eigenvalue weighted by Crippen LogP contribution is 2.43. The number of amides is 1. The monoisotopic (exact) mass is 1200 g/mol. The number of aliphatic hydroxyl groups is 1. The maximum atomic E-state index is 13.1. The van der Waals surface area contributed by atoms with Crippen molar-refractivity contribution in [3.8, 4) is 0 Å². The van der Waals surface area contributed by atoms with Gasteiger partial charge in [0.1, 0.15) is 13.2 Å². The molecule has 0 spiro atoms. The number of nitrogens with one attached hydrogen (secondary N) is 1. The normalized spacial score (nSPS) is 13.8. The number of phosphoric acid groups is 1.